The van der Waals surface area contributed by atoms with Crippen molar-refractivity contribution in [2.75, 3.05) is 153 Å². The predicted molar refractivity (Wildman–Crippen MR) is 525 cm³/mol. The Hall–Kier alpha value is -12.8. The fraction of sp³-hybridized carbons (Fsp3) is 0.299. The maximum atomic E-state index is 14.3. The summed E-state index contributed by atoms with van der Waals surface area (Å²) in [5.41, 5.74) is 15.9. The molecule has 9 N–H and O–H groups in total. The van der Waals surface area contributed by atoms with Crippen LogP contribution in [0.1, 0.15) is 91.5 Å². The van der Waals surface area contributed by atoms with Crippen LogP contribution in [0.15, 0.2) is 220 Å². The molecule has 8 heterocycles. The molecule has 784 valence electrons. The molecule has 51 heteroatoms. The number of hydrogen-bond donors (Lipinski definition) is 5. The number of carbonyl (C=O) groups is 4. The van der Waals surface area contributed by atoms with Gasteiger partial charge in [-0.2, -0.15) is 72.6 Å². The number of carbonyl (C=O) groups excluding carboxylic acids is 4. The molecule has 0 spiro atoms. The maximum Gasteiger partial charge on any atom is 0.417 e. The minimum absolute atomic E-state index is 0.0187. The molecule has 0 aliphatic carbocycles. The Morgan fingerprint density at radius 1 is 0.351 bits per heavy atom. The summed E-state index contributed by atoms with van der Waals surface area (Å²) in [5.74, 6) is -5.07. The van der Waals surface area contributed by atoms with Crippen molar-refractivity contribution in [2.45, 2.75) is 96.9 Å². The second kappa shape index (κ2) is 50.0. The number of primary amides is 4. The van der Waals surface area contributed by atoms with Gasteiger partial charge >= 0.3 is 24.7 Å². The lowest BCUT2D eigenvalue weighted by Gasteiger charge is -2.32. The Labute approximate surface area is 866 Å². The van der Waals surface area contributed by atoms with Crippen molar-refractivity contribution >= 4 is 122 Å². The van der Waals surface area contributed by atoms with Gasteiger partial charge in [-0.1, -0.05) is 89.0 Å². The second-order valence-electron chi connectivity index (χ2n) is 33.6. The smallest absolute Gasteiger partial charge is 0.417 e. The summed E-state index contributed by atoms with van der Waals surface area (Å²) < 4.78 is 242. The zero-order chi connectivity index (χ0) is 107. The van der Waals surface area contributed by atoms with Gasteiger partial charge in [-0.3, -0.25) is 19.2 Å². The van der Waals surface area contributed by atoms with Crippen molar-refractivity contribution in [2.24, 2.45) is 22.9 Å². The van der Waals surface area contributed by atoms with E-state index in [1.165, 1.54) is 79.4 Å². The van der Waals surface area contributed by atoms with Gasteiger partial charge < -0.3 is 86.2 Å². The van der Waals surface area contributed by atoms with E-state index in [0.29, 0.717) is 88.3 Å². The number of nitrogens with two attached hydrogens (primary N) is 4. The predicted octanol–water partition coefficient (Wildman–Crippen LogP) is 17.8. The highest BCUT2D eigenvalue weighted by atomic mass is 79.9. The molecule has 29 nitrogen and oxygen atoms in total. The van der Waals surface area contributed by atoms with Crippen molar-refractivity contribution in [3.05, 3.63) is 282 Å². The normalized spacial score (nSPS) is 14.6. The van der Waals surface area contributed by atoms with Crippen molar-refractivity contribution in [3.8, 4) is 23.5 Å². The standard InChI is InChI=1S/C25H26F3N5O3S.C24H22BrF4N5O2S.C24H22ClF4N5O2S.C24H22F5N5O2S/c1-32-7-9-33(10-8-32)24-30-13-21(23(31-24)36-15-17-4-2-3-16(11-17)14-34)37-18-5-6-19(22(29)35)20(12-18)25(26,27)28;1-33-6-8-34(9-7-33)23-31-12-20(22(32-23)36-13-14-2-5-19(26)18(25)10-14)37-15-3-4-16(21(30)35)17(11-15)24(27,28)29;1-33-6-8-34(9-7-33)23-31-12-20(22(32-23)36-13-14-10-15(25)2-5-19(14)26)37-16-3-4-17(21(30)35)18(11-16)24(27,28)29;1-33-6-8-34(9-7-33)23-31-12-20(22(32-23)36-13-14-2-3-15(25)10-19(14)26)37-16-4-5-17(21(30)35)18(11-16)24(27,28)29/h2-6,11-13,34H,7-10,14-15H2,1H3,(H2,29,35);3*2-5,10-12H,6-9,13H2,1H3,(H2,30,35). The van der Waals surface area contributed by atoms with Crippen LogP contribution in [-0.4, -0.2) is 221 Å². The van der Waals surface area contributed by atoms with Gasteiger partial charge in [0.1, 0.15) is 49.7 Å². The number of aliphatic hydroxyl groups excluding tert-OH is 1. The van der Waals surface area contributed by atoms with E-state index < -0.39 is 116 Å². The van der Waals surface area contributed by atoms with Crippen LogP contribution < -0.4 is 61.5 Å². The first-order valence-electron chi connectivity index (χ1n) is 44.7. The van der Waals surface area contributed by atoms with Crippen LogP contribution in [0.3, 0.4) is 0 Å². The van der Waals surface area contributed by atoms with Crippen LogP contribution in [0.2, 0.25) is 5.02 Å². The number of ether oxygens (including phenoxy) is 4. The zero-order valence-electron chi connectivity index (χ0n) is 78.7. The number of aromatic nitrogens is 8. The molecule has 8 aromatic carbocycles. The van der Waals surface area contributed by atoms with Crippen LogP contribution in [0.25, 0.3) is 0 Å². The quantitative estimate of drug-likeness (QED) is 0.0272. The van der Waals surface area contributed by atoms with Gasteiger partial charge in [0.05, 0.1) is 100.0 Å². The number of amides is 4. The van der Waals surface area contributed by atoms with E-state index in [0.717, 1.165) is 184 Å². The number of hydrogen-bond acceptors (Lipinski definition) is 29. The van der Waals surface area contributed by atoms with Crippen LogP contribution >= 0.6 is 74.6 Å². The lowest BCUT2D eigenvalue weighted by atomic mass is 10.1. The van der Waals surface area contributed by atoms with Crippen molar-refractivity contribution in [1.29, 1.82) is 0 Å². The van der Waals surface area contributed by atoms with E-state index in [2.05, 4.69) is 75.4 Å². The number of benzene rings is 8. The number of alkyl halides is 12. The SMILES string of the molecule is CN1CCN(c2ncc(Sc3ccc(C(N)=O)c(C(F)(F)F)c3)c(OCc3cc(Cl)ccc3F)n2)CC1.CN1CCN(c2ncc(Sc3ccc(C(N)=O)c(C(F)(F)F)c3)c(OCc3ccc(F)c(Br)c3)n2)CC1.CN1CCN(c2ncc(Sc3ccc(C(N)=O)c(C(F)(F)F)c3)c(OCc3ccc(F)cc3F)n2)CC1.CN1CCN(c2ncc(Sc3ccc(C(N)=O)c(C(F)(F)F)c3)c(OCc3cccc(CO)c3)n2)CC1. The van der Waals surface area contributed by atoms with Gasteiger partial charge in [0, 0.05) is 147 Å². The molecule has 0 saturated carbocycles. The Morgan fingerprint density at radius 3 is 0.946 bits per heavy atom. The summed E-state index contributed by atoms with van der Waals surface area (Å²) in [6.07, 6.45) is -13.2. The van der Waals surface area contributed by atoms with Gasteiger partial charge in [-0.05, 0) is 176 Å². The highest BCUT2D eigenvalue weighted by Crippen LogP contribution is 2.46. The minimum Gasteiger partial charge on any atom is -0.472 e. The minimum atomic E-state index is -4.80. The number of nitrogens with zero attached hydrogens (tertiary/aromatic N) is 16. The highest BCUT2D eigenvalue weighted by Gasteiger charge is 2.40. The van der Waals surface area contributed by atoms with E-state index in [1.54, 1.807) is 30.3 Å². The molecule has 148 heavy (non-hydrogen) atoms. The fourth-order valence-electron chi connectivity index (χ4n) is 14.7. The monoisotopic (exact) mass is 2230 g/mol. The molecule has 4 amide bonds. The highest BCUT2D eigenvalue weighted by molar-refractivity contribution is 9.10. The van der Waals surface area contributed by atoms with Crippen molar-refractivity contribution < 1.29 is 113 Å². The zero-order valence-corrected chi connectivity index (χ0v) is 84.3. The Kier molecular flexibility index (Phi) is 38.0. The Bertz CT molecular complexity index is 6760. The number of anilines is 4. The summed E-state index contributed by atoms with van der Waals surface area (Å²) in [7, 11) is 8.05. The van der Waals surface area contributed by atoms with E-state index in [1.807, 2.05) is 53.9 Å². The van der Waals surface area contributed by atoms with Crippen LogP contribution in [0.4, 0.5) is 94.0 Å². The summed E-state index contributed by atoms with van der Waals surface area (Å²) in [6, 6.07) is 31.7. The number of aliphatic hydroxyl groups is 1. The molecule has 4 aliphatic rings. The number of likely N-dealkylation sites (N-methyl/N-ethyl adjacent to an activating group) is 4. The first kappa shape index (κ1) is 112. The van der Waals surface area contributed by atoms with E-state index >= 15 is 0 Å². The molecule has 4 aliphatic heterocycles. The average Bonchev–Trinajstić information content (AvgIpc) is 0.802. The molecule has 4 fully saturated rings. The molecular weight excluding hydrogens is 2140 g/mol. The first-order valence-corrected chi connectivity index (χ1v) is 49.1. The Balaban J connectivity index is 0.000000165. The summed E-state index contributed by atoms with van der Waals surface area (Å²) in [6.45, 7) is 11.6. The molecule has 16 rings (SSSR count). The largest absolute Gasteiger partial charge is 0.472 e. The average molecular weight is 2230 g/mol. The molecule has 4 saturated heterocycles. The molecular formula is C97H92BrClF16N20O9S4. The van der Waals surface area contributed by atoms with Gasteiger partial charge in [-0.15, -0.1) is 0 Å². The molecule has 0 radical (unpaired) electrons. The number of rotatable bonds is 29. The molecule has 0 atom stereocenters. The van der Waals surface area contributed by atoms with E-state index in [-0.39, 0.29) is 96.6 Å². The van der Waals surface area contributed by atoms with Crippen molar-refractivity contribution in [1.82, 2.24) is 59.5 Å². The number of halogens is 18. The Morgan fingerprint density at radius 2 is 0.649 bits per heavy atom. The van der Waals surface area contributed by atoms with Crippen LogP contribution in [0, 0.1) is 23.3 Å². The third-order valence-corrected chi connectivity index (χ3v) is 27.6. The van der Waals surface area contributed by atoms with E-state index in [9.17, 15) is 94.5 Å². The van der Waals surface area contributed by atoms with Gasteiger partial charge in [0.2, 0.25) is 70.9 Å². The summed E-state index contributed by atoms with van der Waals surface area (Å²) in [4.78, 5) is 100. The maximum absolute atomic E-state index is 14.3. The molecule has 0 bridgehead atoms. The summed E-state index contributed by atoms with van der Waals surface area (Å²) in [5, 5.41) is 9.73. The molecule has 12 aromatic rings. The molecule has 0 unspecified atom stereocenters. The van der Waals surface area contributed by atoms with Gasteiger partial charge in [-0.25, -0.2) is 37.5 Å². The van der Waals surface area contributed by atoms with Crippen LogP contribution in [0.5, 0.6) is 23.5 Å². The second-order valence-corrected chi connectivity index (χ2v) is 39.3. The van der Waals surface area contributed by atoms with Gasteiger partial charge in [0.15, 0.2) is 0 Å². The third-order valence-electron chi connectivity index (χ3n) is 22.8. The lowest BCUT2D eigenvalue weighted by molar-refractivity contribution is -0.138. The fourth-order valence-corrected chi connectivity index (χ4v) is 18.8. The topological polar surface area (TPSA) is 359 Å². The third kappa shape index (κ3) is 31.0. The molecule has 4 aromatic heterocycles. The van der Waals surface area contributed by atoms with Crippen molar-refractivity contribution in [3.63, 3.8) is 0 Å². The lowest BCUT2D eigenvalue weighted by Crippen LogP contribution is -2.45. The van der Waals surface area contributed by atoms with Crippen LogP contribution in [-0.2, 0) is 57.7 Å². The number of piperazine rings is 4. The van der Waals surface area contributed by atoms with E-state index in [4.69, 9.17) is 53.5 Å². The van der Waals surface area contributed by atoms with Gasteiger partial charge in [0.25, 0.3) is 0 Å². The summed E-state index contributed by atoms with van der Waals surface area (Å²) >= 11 is 12.9. The first-order chi connectivity index (χ1) is 70.2.